The summed E-state index contributed by atoms with van der Waals surface area (Å²) in [5.41, 5.74) is 4.25. The van der Waals surface area contributed by atoms with E-state index in [1.165, 1.54) is 11.1 Å². The van der Waals surface area contributed by atoms with Gasteiger partial charge in [-0.2, -0.15) is 0 Å². The van der Waals surface area contributed by atoms with Crippen LogP contribution in [0.5, 0.6) is 5.75 Å². The van der Waals surface area contributed by atoms with Crippen molar-refractivity contribution in [2.75, 3.05) is 5.32 Å². The Morgan fingerprint density at radius 1 is 1.06 bits per heavy atom. The lowest BCUT2D eigenvalue weighted by Gasteiger charge is -2.10. The average Bonchev–Trinajstić information content (AvgIpc) is 2.32. The second kappa shape index (κ2) is 5.32. The van der Waals surface area contributed by atoms with E-state index in [4.69, 9.17) is 11.6 Å². The van der Waals surface area contributed by atoms with Crippen LogP contribution in [0.1, 0.15) is 16.7 Å². The number of phenols is 1. The zero-order valence-corrected chi connectivity index (χ0v) is 11.3. The van der Waals surface area contributed by atoms with Gasteiger partial charge >= 0.3 is 0 Å². The van der Waals surface area contributed by atoms with E-state index in [9.17, 15) is 5.11 Å². The van der Waals surface area contributed by atoms with Crippen molar-refractivity contribution in [3.05, 3.63) is 58.1 Å². The zero-order valence-electron chi connectivity index (χ0n) is 10.5. The Balaban J connectivity index is 2.09. The molecule has 2 N–H and O–H groups in total. The van der Waals surface area contributed by atoms with Crippen molar-refractivity contribution in [2.45, 2.75) is 20.4 Å². The number of aromatic hydroxyl groups is 1. The molecular weight excluding hydrogens is 246 g/mol. The SMILES string of the molecule is Cc1cc(NCc2ccc(Cl)cc2C)ccc1O. The molecule has 0 aliphatic heterocycles. The maximum Gasteiger partial charge on any atom is 0.118 e. The molecule has 3 heteroatoms. The van der Waals surface area contributed by atoms with E-state index in [2.05, 4.69) is 5.32 Å². The Morgan fingerprint density at radius 2 is 1.83 bits per heavy atom. The molecule has 2 nitrogen and oxygen atoms in total. The van der Waals surface area contributed by atoms with Crippen molar-refractivity contribution in [2.24, 2.45) is 0 Å². The average molecular weight is 262 g/mol. The number of benzene rings is 2. The summed E-state index contributed by atoms with van der Waals surface area (Å²) >= 11 is 5.92. The molecule has 0 fully saturated rings. The van der Waals surface area contributed by atoms with Gasteiger partial charge in [0.2, 0.25) is 0 Å². The molecule has 0 aromatic heterocycles. The molecule has 0 saturated heterocycles. The maximum absolute atomic E-state index is 9.46. The van der Waals surface area contributed by atoms with Gasteiger partial charge in [-0.1, -0.05) is 17.7 Å². The van der Waals surface area contributed by atoms with Gasteiger partial charge in [0.05, 0.1) is 0 Å². The van der Waals surface area contributed by atoms with Gasteiger partial charge in [0, 0.05) is 17.3 Å². The molecule has 0 bridgehead atoms. The van der Waals surface area contributed by atoms with Crippen molar-refractivity contribution in [3.63, 3.8) is 0 Å². The molecule has 94 valence electrons. The van der Waals surface area contributed by atoms with Gasteiger partial charge in [-0.3, -0.25) is 0 Å². The highest BCUT2D eigenvalue weighted by molar-refractivity contribution is 6.30. The summed E-state index contributed by atoms with van der Waals surface area (Å²) in [7, 11) is 0. The predicted molar refractivity (Wildman–Crippen MR) is 76.4 cm³/mol. The van der Waals surface area contributed by atoms with Gasteiger partial charge in [-0.05, 0) is 60.9 Å². The Morgan fingerprint density at radius 3 is 2.50 bits per heavy atom. The third-order valence-electron chi connectivity index (χ3n) is 2.98. The second-order valence-electron chi connectivity index (χ2n) is 4.43. The second-order valence-corrected chi connectivity index (χ2v) is 4.86. The van der Waals surface area contributed by atoms with Crippen LogP contribution in [0.15, 0.2) is 36.4 Å². The summed E-state index contributed by atoms with van der Waals surface area (Å²) in [5.74, 6) is 0.322. The lowest BCUT2D eigenvalue weighted by Crippen LogP contribution is -2.01. The highest BCUT2D eigenvalue weighted by Gasteiger charge is 2.01. The predicted octanol–water partition coefficient (Wildman–Crippen LogP) is 4.27. The highest BCUT2D eigenvalue weighted by Crippen LogP contribution is 2.21. The summed E-state index contributed by atoms with van der Waals surface area (Å²) in [6.07, 6.45) is 0. The van der Waals surface area contributed by atoms with Crippen LogP contribution >= 0.6 is 11.6 Å². The number of aryl methyl sites for hydroxylation is 2. The maximum atomic E-state index is 9.46. The summed E-state index contributed by atoms with van der Waals surface area (Å²) < 4.78 is 0. The summed E-state index contributed by atoms with van der Waals surface area (Å²) in [6.45, 7) is 4.67. The van der Waals surface area contributed by atoms with Crippen LogP contribution in [0.25, 0.3) is 0 Å². The quantitative estimate of drug-likeness (QED) is 0.809. The van der Waals surface area contributed by atoms with E-state index in [0.717, 1.165) is 22.8 Å². The first kappa shape index (κ1) is 12.8. The first-order valence-corrected chi connectivity index (χ1v) is 6.22. The van der Waals surface area contributed by atoms with Crippen LogP contribution in [0.4, 0.5) is 5.69 Å². The van der Waals surface area contributed by atoms with Crippen molar-refractivity contribution < 1.29 is 5.11 Å². The third-order valence-corrected chi connectivity index (χ3v) is 3.22. The number of hydrogen-bond acceptors (Lipinski definition) is 2. The molecular formula is C15H16ClNO. The molecule has 2 rings (SSSR count). The van der Waals surface area contributed by atoms with E-state index in [1.54, 1.807) is 6.07 Å². The van der Waals surface area contributed by atoms with Crippen molar-refractivity contribution in [1.82, 2.24) is 0 Å². The van der Waals surface area contributed by atoms with Gasteiger partial charge in [-0.25, -0.2) is 0 Å². The standard InChI is InChI=1S/C15H16ClNO/c1-10-7-13(16)4-3-12(10)9-17-14-5-6-15(18)11(2)8-14/h3-8,17-18H,9H2,1-2H3. The number of rotatable bonds is 3. The Kier molecular flexibility index (Phi) is 3.78. The van der Waals surface area contributed by atoms with Crippen LogP contribution in [-0.2, 0) is 6.54 Å². The summed E-state index contributed by atoms with van der Waals surface area (Å²) in [6, 6.07) is 11.4. The first-order chi connectivity index (χ1) is 8.56. The van der Waals surface area contributed by atoms with Crippen molar-refractivity contribution in [3.8, 4) is 5.75 Å². The molecule has 0 aliphatic carbocycles. The molecule has 2 aromatic rings. The molecule has 0 amide bonds. The molecule has 0 unspecified atom stereocenters. The van der Waals surface area contributed by atoms with Gasteiger partial charge in [0.25, 0.3) is 0 Å². The minimum atomic E-state index is 0.322. The van der Waals surface area contributed by atoms with Crippen LogP contribution in [0.3, 0.4) is 0 Å². The van der Waals surface area contributed by atoms with Gasteiger partial charge in [0.1, 0.15) is 5.75 Å². The topological polar surface area (TPSA) is 32.3 Å². The zero-order chi connectivity index (χ0) is 13.1. The minimum absolute atomic E-state index is 0.322. The Labute approximate surface area is 112 Å². The number of halogens is 1. The largest absolute Gasteiger partial charge is 0.508 e. The smallest absolute Gasteiger partial charge is 0.118 e. The van der Waals surface area contributed by atoms with E-state index in [-0.39, 0.29) is 0 Å². The van der Waals surface area contributed by atoms with Crippen LogP contribution in [0.2, 0.25) is 5.02 Å². The molecule has 0 saturated carbocycles. The van der Waals surface area contributed by atoms with E-state index < -0.39 is 0 Å². The Hall–Kier alpha value is -1.67. The van der Waals surface area contributed by atoms with E-state index in [0.29, 0.717) is 5.75 Å². The van der Waals surface area contributed by atoms with Crippen LogP contribution < -0.4 is 5.32 Å². The number of anilines is 1. The normalized spacial score (nSPS) is 10.4. The molecule has 2 aromatic carbocycles. The molecule has 0 radical (unpaired) electrons. The van der Waals surface area contributed by atoms with Crippen molar-refractivity contribution in [1.29, 1.82) is 0 Å². The number of hydrogen-bond donors (Lipinski definition) is 2. The number of phenolic OH excluding ortho intramolecular Hbond substituents is 1. The molecule has 0 atom stereocenters. The highest BCUT2D eigenvalue weighted by atomic mass is 35.5. The van der Waals surface area contributed by atoms with E-state index in [1.807, 2.05) is 44.2 Å². The summed E-state index contributed by atoms with van der Waals surface area (Å²) in [4.78, 5) is 0. The van der Waals surface area contributed by atoms with Gasteiger partial charge in [0.15, 0.2) is 0 Å². The third kappa shape index (κ3) is 2.96. The lowest BCUT2D eigenvalue weighted by molar-refractivity contribution is 0.471. The van der Waals surface area contributed by atoms with Crippen LogP contribution in [-0.4, -0.2) is 5.11 Å². The monoisotopic (exact) mass is 261 g/mol. The molecule has 18 heavy (non-hydrogen) atoms. The summed E-state index contributed by atoms with van der Waals surface area (Å²) in [5, 5.41) is 13.6. The molecule has 0 spiro atoms. The fourth-order valence-electron chi connectivity index (χ4n) is 1.82. The number of nitrogens with one attached hydrogen (secondary N) is 1. The van der Waals surface area contributed by atoms with E-state index >= 15 is 0 Å². The molecule has 0 heterocycles. The minimum Gasteiger partial charge on any atom is -0.508 e. The first-order valence-electron chi connectivity index (χ1n) is 5.85. The van der Waals surface area contributed by atoms with Crippen molar-refractivity contribution >= 4 is 17.3 Å². The fraction of sp³-hybridized carbons (Fsp3) is 0.200. The Bertz CT molecular complexity index is 566. The van der Waals surface area contributed by atoms with Crippen LogP contribution in [0, 0.1) is 13.8 Å². The van der Waals surface area contributed by atoms with Gasteiger partial charge in [-0.15, -0.1) is 0 Å². The molecule has 0 aliphatic rings. The van der Waals surface area contributed by atoms with Gasteiger partial charge < -0.3 is 10.4 Å². The lowest BCUT2D eigenvalue weighted by atomic mass is 10.1. The fourth-order valence-corrected chi connectivity index (χ4v) is 2.05.